The van der Waals surface area contributed by atoms with Gasteiger partial charge in [0.2, 0.25) is 5.90 Å². The quantitative estimate of drug-likeness (QED) is 0.361. The van der Waals surface area contributed by atoms with Crippen LogP contribution in [0.25, 0.3) is 6.08 Å². The highest BCUT2D eigenvalue weighted by Gasteiger charge is 2.25. The molecule has 0 radical (unpaired) electrons. The number of halogens is 1. The number of hydrogen-bond donors (Lipinski definition) is 0. The van der Waals surface area contributed by atoms with Crippen LogP contribution in [0.1, 0.15) is 11.3 Å². The molecule has 0 spiro atoms. The maximum absolute atomic E-state index is 11.8. The Balaban J connectivity index is 1.94. The number of nitro benzene ring substituents is 1. The fraction of sp³-hybridized carbons (Fsp3) is 0. The highest BCUT2D eigenvalue weighted by Crippen LogP contribution is 2.23. The average molecular weight is 363 g/mol. The van der Waals surface area contributed by atoms with Gasteiger partial charge in [-0.3, -0.25) is 10.1 Å². The molecule has 8 heteroatoms. The third-order valence-corrected chi connectivity index (χ3v) is 3.22. The third-order valence-electron chi connectivity index (χ3n) is 2.80. The molecule has 0 atom stereocenters. The zero-order valence-electron chi connectivity index (χ0n) is 10.9. The number of esters is 1. The van der Waals surface area contributed by atoms with Gasteiger partial charge in [-0.05, 0) is 34.1 Å². The largest absolute Gasteiger partial charge is 0.450 e. The number of carbonyl (C=O) groups excluding carboxylic acids is 1. The minimum Gasteiger partial charge on any atom is -0.450 e. The molecule has 0 bridgehead atoms. The van der Waals surface area contributed by atoms with Gasteiger partial charge in [0.15, 0.2) is 10.4 Å². The van der Waals surface area contributed by atoms with Gasteiger partial charge >= 0.3 is 5.97 Å². The molecule has 2 heterocycles. The van der Waals surface area contributed by atoms with Crippen LogP contribution in [-0.4, -0.2) is 16.8 Å². The number of furan rings is 1. The monoisotopic (exact) mass is 362 g/mol. The highest BCUT2D eigenvalue weighted by atomic mass is 79.9. The number of hydrogen-bond acceptors (Lipinski definition) is 6. The number of benzene rings is 1. The molecule has 0 N–H and O–H groups in total. The van der Waals surface area contributed by atoms with Crippen molar-refractivity contribution in [2.24, 2.45) is 4.99 Å². The number of ether oxygens (including phenoxy) is 1. The molecule has 1 aromatic heterocycles. The van der Waals surface area contributed by atoms with Crippen molar-refractivity contribution in [1.82, 2.24) is 0 Å². The standard InChI is InChI=1S/C14H7BrN2O5/c15-12-5-4-10(21-12)7-11-14(18)22-13(16-11)8-2-1-3-9(6-8)17(19)20/h1-7H/b11-7-. The molecule has 0 unspecified atom stereocenters. The number of nitrogens with zero attached hydrogens (tertiary/aromatic N) is 2. The number of non-ortho nitro benzene ring substituents is 1. The Bertz CT molecular complexity index is 837. The Morgan fingerprint density at radius 2 is 2.09 bits per heavy atom. The number of aliphatic imine (C=N–C) groups is 1. The smallest absolute Gasteiger partial charge is 0.363 e. The van der Waals surface area contributed by atoms with Crippen molar-refractivity contribution in [3.05, 3.63) is 68.2 Å². The maximum atomic E-state index is 11.8. The molecule has 0 saturated heterocycles. The lowest BCUT2D eigenvalue weighted by molar-refractivity contribution is -0.384. The minimum atomic E-state index is -0.644. The molecule has 0 saturated carbocycles. The lowest BCUT2D eigenvalue weighted by atomic mass is 10.2. The van der Waals surface area contributed by atoms with Gasteiger partial charge in [0.25, 0.3) is 5.69 Å². The van der Waals surface area contributed by atoms with E-state index in [1.807, 2.05) is 0 Å². The summed E-state index contributed by atoms with van der Waals surface area (Å²) in [5.41, 5.74) is 0.304. The van der Waals surface area contributed by atoms with Crippen LogP contribution in [0.5, 0.6) is 0 Å². The molecule has 2 aromatic rings. The van der Waals surface area contributed by atoms with E-state index in [1.54, 1.807) is 18.2 Å². The van der Waals surface area contributed by atoms with E-state index in [2.05, 4.69) is 20.9 Å². The molecule has 110 valence electrons. The van der Waals surface area contributed by atoms with Crippen LogP contribution in [0.2, 0.25) is 0 Å². The van der Waals surface area contributed by atoms with E-state index in [-0.39, 0.29) is 17.3 Å². The summed E-state index contributed by atoms with van der Waals surface area (Å²) in [4.78, 5) is 26.1. The normalized spacial score (nSPS) is 15.8. The van der Waals surface area contributed by atoms with Crippen molar-refractivity contribution in [3.8, 4) is 0 Å². The maximum Gasteiger partial charge on any atom is 0.363 e. The van der Waals surface area contributed by atoms with Crippen molar-refractivity contribution >= 4 is 39.6 Å². The fourth-order valence-corrected chi connectivity index (χ4v) is 2.14. The second-order valence-corrected chi connectivity index (χ2v) is 5.07. The molecule has 1 aliphatic heterocycles. The molecule has 0 aliphatic carbocycles. The Labute approximate surface area is 132 Å². The first-order chi connectivity index (χ1) is 10.5. The molecule has 7 nitrogen and oxygen atoms in total. The third kappa shape index (κ3) is 2.82. The summed E-state index contributed by atoms with van der Waals surface area (Å²) >= 11 is 3.15. The van der Waals surface area contributed by atoms with Crippen molar-refractivity contribution in [2.45, 2.75) is 0 Å². The molecule has 1 aromatic carbocycles. The van der Waals surface area contributed by atoms with E-state index in [4.69, 9.17) is 9.15 Å². The molecule has 3 rings (SSSR count). The summed E-state index contributed by atoms with van der Waals surface area (Å²) in [6, 6.07) is 9.04. The number of carbonyl (C=O) groups is 1. The van der Waals surface area contributed by atoms with E-state index < -0.39 is 10.9 Å². The van der Waals surface area contributed by atoms with Crippen LogP contribution in [0.15, 0.2) is 56.2 Å². The topological polar surface area (TPSA) is 94.9 Å². The first-order valence-corrected chi connectivity index (χ1v) is 6.85. The van der Waals surface area contributed by atoms with Gasteiger partial charge in [-0.2, -0.15) is 0 Å². The van der Waals surface area contributed by atoms with Gasteiger partial charge in [-0.15, -0.1) is 0 Å². The van der Waals surface area contributed by atoms with Crippen LogP contribution in [-0.2, 0) is 9.53 Å². The van der Waals surface area contributed by atoms with E-state index in [1.165, 1.54) is 24.3 Å². The fourth-order valence-electron chi connectivity index (χ4n) is 1.83. The van der Waals surface area contributed by atoms with Crippen LogP contribution in [0.4, 0.5) is 5.69 Å². The second kappa shape index (κ2) is 5.57. The summed E-state index contributed by atoms with van der Waals surface area (Å²) in [5.74, 6) is -0.192. The number of nitro groups is 1. The van der Waals surface area contributed by atoms with Gasteiger partial charge in [0.05, 0.1) is 4.92 Å². The summed E-state index contributed by atoms with van der Waals surface area (Å²) in [5, 5.41) is 10.8. The van der Waals surface area contributed by atoms with Crippen LogP contribution in [0, 0.1) is 10.1 Å². The van der Waals surface area contributed by atoms with Crippen LogP contribution in [0.3, 0.4) is 0 Å². The van der Waals surface area contributed by atoms with E-state index in [0.717, 1.165) is 0 Å². The van der Waals surface area contributed by atoms with Crippen molar-refractivity contribution in [3.63, 3.8) is 0 Å². The zero-order chi connectivity index (χ0) is 15.7. The van der Waals surface area contributed by atoms with Gasteiger partial charge in [0.1, 0.15) is 5.76 Å². The lowest BCUT2D eigenvalue weighted by Gasteiger charge is -1.98. The van der Waals surface area contributed by atoms with Gasteiger partial charge in [0, 0.05) is 23.8 Å². The minimum absolute atomic E-state index is 0.0190. The Morgan fingerprint density at radius 3 is 2.77 bits per heavy atom. The van der Waals surface area contributed by atoms with Crippen molar-refractivity contribution in [2.75, 3.05) is 0 Å². The first-order valence-electron chi connectivity index (χ1n) is 6.05. The zero-order valence-corrected chi connectivity index (χ0v) is 12.4. The number of rotatable bonds is 3. The Kier molecular flexibility index (Phi) is 3.60. The van der Waals surface area contributed by atoms with Crippen molar-refractivity contribution < 1.29 is 18.9 Å². The summed E-state index contributed by atoms with van der Waals surface area (Å²) in [6.45, 7) is 0. The molecule has 0 fully saturated rings. The molecule has 22 heavy (non-hydrogen) atoms. The summed E-state index contributed by atoms with van der Waals surface area (Å²) in [7, 11) is 0. The second-order valence-electron chi connectivity index (χ2n) is 4.29. The summed E-state index contributed by atoms with van der Waals surface area (Å²) in [6.07, 6.45) is 1.43. The predicted molar refractivity (Wildman–Crippen MR) is 80.1 cm³/mol. The average Bonchev–Trinajstić information content (AvgIpc) is 3.06. The Hall–Kier alpha value is -2.74. The van der Waals surface area contributed by atoms with E-state index in [0.29, 0.717) is 16.0 Å². The molecule has 1 aliphatic rings. The van der Waals surface area contributed by atoms with Crippen LogP contribution >= 0.6 is 15.9 Å². The van der Waals surface area contributed by atoms with E-state index >= 15 is 0 Å². The Morgan fingerprint density at radius 1 is 1.27 bits per heavy atom. The van der Waals surface area contributed by atoms with Crippen molar-refractivity contribution in [1.29, 1.82) is 0 Å². The lowest BCUT2D eigenvalue weighted by Crippen LogP contribution is -2.05. The van der Waals surface area contributed by atoms with Gasteiger partial charge < -0.3 is 9.15 Å². The predicted octanol–water partition coefficient (Wildman–Crippen LogP) is 3.29. The highest BCUT2D eigenvalue weighted by molar-refractivity contribution is 9.10. The molecule has 0 amide bonds. The molecular weight excluding hydrogens is 356 g/mol. The number of cyclic esters (lactones) is 1. The van der Waals surface area contributed by atoms with Gasteiger partial charge in [-0.25, -0.2) is 9.79 Å². The van der Waals surface area contributed by atoms with Crippen LogP contribution < -0.4 is 0 Å². The first kappa shape index (κ1) is 14.2. The summed E-state index contributed by atoms with van der Waals surface area (Å²) < 4.78 is 10.8. The van der Waals surface area contributed by atoms with Gasteiger partial charge in [-0.1, -0.05) is 6.07 Å². The van der Waals surface area contributed by atoms with E-state index in [9.17, 15) is 14.9 Å². The SMILES string of the molecule is O=C1OC(c2cccc([N+](=O)[O-])c2)=N/C1=C\c1ccc(Br)o1. The molecular formula is C14H7BrN2O5.